The van der Waals surface area contributed by atoms with Gasteiger partial charge in [-0.1, -0.05) is 33.6 Å². The smallest absolute Gasteiger partial charge is 0.122 e. The molecule has 1 aliphatic heterocycles. The molecule has 1 aromatic rings. The molecule has 0 N–H and O–H groups in total. The summed E-state index contributed by atoms with van der Waals surface area (Å²) in [4.78, 5) is 6.96. The number of unbranched alkanes of at least 4 members (excludes halogenated alkanes) is 1. The van der Waals surface area contributed by atoms with Crippen LogP contribution in [0.2, 0.25) is 0 Å². The van der Waals surface area contributed by atoms with Crippen molar-refractivity contribution in [3.8, 4) is 0 Å². The van der Waals surface area contributed by atoms with Crippen LogP contribution < -0.4 is 0 Å². The van der Waals surface area contributed by atoms with Gasteiger partial charge in [0.15, 0.2) is 0 Å². The van der Waals surface area contributed by atoms with Gasteiger partial charge in [-0.15, -0.1) is 0 Å². The molecule has 0 amide bonds. The lowest BCUT2D eigenvalue weighted by atomic mass is 10.0. The van der Waals surface area contributed by atoms with Crippen LogP contribution in [0.4, 0.5) is 0 Å². The third kappa shape index (κ3) is 4.06. The first kappa shape index (κ1) is 15.5. The van der Waals surface area contributed by atoms with E-state index in [-0.39, 0.29) is 0 Å². The Hall–Kier alpha value is -0.870. The quantitative estimate of drug-likeness (QED) is 0.802. The van der Waals surface area contributed by atoms with E-state index in [1.54, 1.807) is 0 Å². The highest BCUT2D eigenvalue weighted by Crippen LogP contribution is 2.22. The zero-order chi connectivity index (χ0) is 14.5. The van der Waals surface area contributed by atoms with Crippen molar-refractivity contribution in [2.75, 3.05) is 13.1 Å². The minimum Gasteiger partial charge on any atom is -0.372 e. The molecule has 2 rings (SSSR count). The minimum absolute atomic E-state index is 0.353. The molecule has 1 saturated heterocycles. The van der Waals surface area contributed by atoms with Crippen molar-refractivity contribution >= 4 is 0 Å². The van der Waals surface area contributed by atoms with E-state index in [4.69, 9.17) is 4.74 Å². The number of imidazole rings is 1. The molecule has 2 atom stereocenters. The zero-order valence-electron chi connectivity index (χ0n) is 13.4. The van der Waals surface area contributed by atoms with E-state index >= 15 is 0 Å². The second kappa shape index (κ2) is 7.23. The summed E-state index contributed by atoms with van der Waals surface area (Å²) in [5.74, 6) is 1.71. The Morgan fingerprint density at radius 3 is 2.80 bits per heavy atom. The predicted molar refractivity (Wildman–Crippen MR) is 81.5 cm³/mol. The summed E-state index contributed by atoms with van der Waals surface area (Å²) in [5, 5.41) is 0. The lowest BCUT2D eigenvalue weighted by molar-refractivity contribution is -0.109. The second-order valence-electron chi connectivity index (χ2n) is 6.33. The van der Waals surface area contributed by atoms with Crippen molar-refractivity contribution in [3.63, 3.8) is 0 Å². The number of hydrogen-bond donors (Lipinski definition) is 0. The maximum atomic E-state index is 6.26. The highest BCUT2D eigenvalue weighted by atomic mass is 16.5. The molecule has 4 nitrogen and oxygen atoms in total. The molecule has 4 heteroatoms. The van der Waals surface area contributed by atoms with Crippen LogP contribution >= 0.6 is 0 Å². The van der Waals surface area contributed by atoms with E-state index in [0.717, 1.165) is 25.5 Å². The largest absolute Gasteiger partial charge is 0.372 e. The predicted octanol–water partition coefficient (Wildman–Crippen LogP) is 2.84. The van der Waals surface area contributed by atoms with Gasteiger partial charge < -0.3 is 9.30 Å². The highest BCUT2D eigenvalue weighted by molar-refractivity contribution is 4.92. The van der Waals surface area contributed by atoms with E-state index in [9.17, 15) is 0 Å². The molecule has 0 saturated carbocycles. The van der Waals surface area contributed by atoms with Gasteiger partial charge in [-0.2, -0.15) is 0 Å². The summed E-state index contributed by atoms with van der Waals surface area (Å²) in [7, 11) is 2.07. The van der Waals surface area contributed by atoms with Gasteiger partial charge in [0.1, 0.15) is 5.82 Å². The van der Waals surface area contributed by atoms with Crippen LogP contribution in [0.5, 0.6) is 0 Å². The molecule has 0 radical (unpaired) electrons. The lowest BCUT2D eigenvalue weighted by Crippen LogP contribution is -2.49. The molecule has 0 aromatic carbocycles. The monoisotopic (exact) mass is 279 g/mol. The van der Waals surface area contributed by atoms with Crippen LogP contribution in [0.3, 0.4) is 0 Å². The van der Waals surface area contributed by atoms with Gasteiger partial charge in [0.05, 0.1) is 18.8 Å². The molecule has 2 heterocycles. The van der Waals surface area contributed by atoms with E-state index in [0.29, 0.717) is 18.1 Å². The number of aryl methyl sites for hydroxylation is 1. The molecular formula is C16H29N3O. The number of aromatic nitrogens is 2. The number of hydrogen-bond acceptors (Lipinski definition) is 3. The van der Waals surface area contributed by atoms with E-state index in [1.165, 1.54) is 19.3 Å². The van der Waals surface area contributed by atoms with E-state index in [2.05, 4.69) is 42.3 Å². The average molecular weight is 279 g/mol. The van der Waals surface area contributed by atoms with Gasteiger partial charge in [-0.05, 0) is 12.3 Å². The van der Waals surface area contributed by atoms with Crippen LogP contribution in [0.1, 0.15) is 45.9 Å². The fourth-order valence-corrected chi connectivity index (χ4v) is 2.79. The van der Waals surface area contributed by atoms with Crippen molar-refractivity contribution in [1.82, 2.24) is 14.5 Å². The molecule has 0 unspecified atom stereocenters. The van der Waals surface area contributed by atoms with Crippen molar-refractivity contribution in [2.45, 2.75) is 58.8 Å². The Morgan fingerprint density at radius 2 is 2.20 bits per heavy atom. The van der Waals surface area contributed by atoms with Crippen LogP contribution in [0.15, 0.2) is 12.4 Å². The van der Waals surface area contributed by atoms with Gasteiger partial charge >= 0.3 is 0 Å². The first-order valence-corrected chi connectivity index (χ1v) is 7.94. The molecule has 20 heavy (non-hydrogen) atoms. The second-order valence-corrected chi connectivity index (χ2v) is 6.33. The molecular weight excluding hydrogens is 250 g/mol. The summed E-state index contributed by atoms with van der Waals surface area (Å²) in [5.41, 5.74) is 0. The Morgan fingerprint density at radius 1 is 1.40 bits per heavy atom. The number of ether oxygens (including phenoxy) is 1. The lowest BCUT2D eigenvalue weighted by Gasteiger charge is -2.39. The Kier molecular flexibility index (Phi) is 5.61. The molecule has 1 fully saturated rings. The summed E-state index contributed by atoms with van der Waals surface area (Å²) >= 11 is 0. The zero-order valence-corrected chi connectivity index (χ0v) is 13.4. The van der Waals surface area contributed by atoms with Crippen LogP contribution in [-0.2, 0) is 18.3 Å². The van der Waals surface area contributed by atoms with E-state index in [1.807, 2.05) is 12.4 Å². The normalized spacial score (nSPS) is 24.4. The van der Waals surface area contributed by atoms with Gasteiger partial charge in [0.25, 0.3) is 0 Å². The Labute approximate surface area is 123 Å². The molecule has 0 spiro atoms. The van der Waals surface area contributed by atoms with Crippen molar-refractivity contribution in [1.29, 1.82) is 0 Å². The van der Waals surface area contributed by atoms with Crippen molar-refractivity contribution < 1.29 is 4.74 Å². The fourth-order valence-electron chi connectivity index (χ4n) is 2.79. The summed E-state index contributed by atoms with van der Waals surface area (Å²) in [6, 6.07) is 0. The first-order chi connectivity index (χ1) is 9.60. The molecule has 0 bridgehead atoms. The first-order valence-electron chi connectivity index (χ1n) is 7.94. The standard InChI is InChI=1S/C16H29N3O/c1-5-6-7-14-10-19(11-15(20-14)13(2)3)12-16-17-8-9-18(16)4/h8-9,13-15H,5-7,10-12H2,1-4H3/t14-,15-/m1/s1. The number of rotatable bonds is 6. The molecule has 1 aliphatic rings. The SMILES string of the molecule is CCCC[C@@H]1CN(Cc2nccn2C)C[C@H](C(C)C)O1. The average Bonchev–Trinajstić information content (AvgIpc) is 2.81. The topological polar surface area (TPSA) is 30.3 Å². The van der Waals surface area contributed by atoms with Crippen molar-refractivity contribution in [2.24, 2.45) is 13.0 Å². The third-order valence-corrected chi connectivity index (χ3v) is 4.18. The van der Waals surface area contributed by atoms with Gasteiger partial charge in [-0.25, -0.2) is 4.98 Å². The Bertz CT molecular complexity index is 402. The van der Waals surface area contributed by atoms with Crippen LogP contribution in [0, 0.1) is 5.92 Å². The van der Waals surface area contributed by atoms with Crippen LogP contribution in [0.25, 0.3) is 0 Å². The number of morpholine rings is 1. The summed E-state index contributed by atoms with van der Waals surface area (Å²) in [6.07, 6.45) is 8.31. The minimum atomic E-state index is 0.353. The summed E-state index contributed by atoms with van der Waals surface area (Å²) in [6.45, 7) is 9.74. The van der Waals surface area contributed by atoms with Crippen molar-refractivity contribution in [3.05, 3.63) is 18.2 Å². The molecule has 1 aromatic heterocycles. The van der Waals surface area contributed by atoms with Gasteiger partial charge in [-0.3, -0.25) is 4.90 Å². The maximum absolute atomic E-state index is 6.26. The molecule has 0 aliphatic carbocycles. The molecule has 114 valence electrons. The fraction of sp³-hybridized carbons (Fsp3) is 0.812. The summed E-state index contributed by atoms with van der Waals surface area (Å²) < 4.78 is 8.37. The maximum Gasteiger partial charge on any atom is 0.122 e. The number of nitrogens with zero attached hydrogens (tertiary/aromatic N) is 3. The Balaban J connectivity index is 1.98. The highest BCUT2D eigenvalue weighted by Gasteiger charge is 2.29. The third-order valence-electron chi connectivity index (χ3n) is 4.18. The van der Waals surface area contributed by atoms with Gasteiger partial charge in [0.2, 0.25) is 0 Å². The van der Waals surface area contributed by atoms with E-state index < -0.39 is 0 Å². The van der Waals surface area contributed by atoms with Crippen LogP contribution in [-0.4, -0.2) is 39.7 Å². The van der Waals surface area contributed by atoms with Gasteiger partial charge in [0, 0.05) is 32.5 Å².